The molecule has 3 heterocycles. The maximum absolute atomic E-state index is 13.2. The predicted octanol–water partition coefficient (Wildman–Crippen LogP) is 2.49. The number of alkyl halides is 2. The maximum atomic E-state index is 13.2. The first kappa shape index (κ1) is 18.8. The molecule has 0 radical (unpaired) electrons. The van der Waals surface area contributed by atoms with Crippen molar-refractivity contribution in [1.82, 2.24) is 9.47 Å². The van der Waals surface area contributed by atoms with Gasteiger partial charge in [-0.25, -0.2) is 4.79 Å². The molecule has 2 aromatic rings. The summed E-state index contributed by atoms with van der Waals surface area (Å²) >= 11 is 1.30. The van der Waals surface area contributed by atoms with Gasteiger partial charge in [0.2, 0.25) is 0 Å². The molecule has 11 heteroatoms. The molecule has 0 unspecified atom stereocenters. The summed E-state index contributed by atoms with van der Waals surface area (Å²) in [4.78, 5) is 19.3. The van der Waals surface area contributed by atoms with Crippen LogP contribution in [0.1, 0.15) is 4.88 Å². The van der Waals surface area contributed by atoms with Gasteiger partial charge in [-0.05, 0) is 19.1 Å². The summed E-state index contributed by atoms with van der Waals surface area (Å²) in [7, 11) is 1.60. The number of amides is 2. The molecule has 1 saturated heterocycles. The van der Waals surface area contributed by atoms with Gasteiger partial charge in [0.15, 0.2) is 22.6 Å². The van der Waals surface area contributed by atoms with E-state index in [1.54, 1.807) is 23.9 Å². The quantitative estimate of drug-likeness (QED) is 0.773. The van der Waals surface area contributed by atoms with Gasteiger partial charge < -0.3 is 23.8 Å². The molecule has 150 valence electrons. The highest BCUT2D eigenvalue weighted by Crippen LogP contribution is 2.41. The third-order valence-electron chi connectivity index (χ3n) is 4.06. The van der Waals surface area contributed by atoms with Crippen LogP contribution in [-0.4, -0.2) is 54.9 Å². The first-order chi connectivity index (χ1) is 13.3. The number of halogens is 2. The summed E-state index contributed by atoms with van der Waals surface area (Å²) in [6.45, 7) is 3.11. The van der Waals surface area contributed by atoms with Gasteiger partial charge in [0.05, 0.1) is 25.4 Å². The number of hydrogen-bond acceptors (Lipinski definition) is 6. The zero-order valence-electron chi connectivity index (χ0n) is 15.1. The summed E-state index contributed by atoms with van der Waals surface area (Å²) in [5.74, 6) is -0.129. The molecule has 0 aliphatic carbocycles. The molecule has 8 nitrogen and oxygen atoms in total. The van der Waals surface area contributed by atoms with Crippen LogP contribution in [0.3, 0.4) is 0 Å². The molecule has 0 atom stereocenters. The van der Waals surface area contributed by atoms with E-state index >= 15 is 0 Å². The fraction of sp³-hybridized carbons (Fsp3) is 0.412. The monoisotopic (exact) mass is 413 g/mol. The number of aromatic nitrogens is 1. The highest BCUT2D eigenvalue weighted by molar-refractivity contribution is 7.09. The molecule has 28 heavy (non-hydrogen) atoms. The van der Waals surface area contributed by atoms with Crippen molar-refractivity contribution in [2.24, 2.45) is 4.99 Å². The average molecular weight is 413 g/mol. The molecule has 2 aliphatic heterocycles. The number of benzene rings is 1. The zero-order chi connectivity index (χ0) is 19.9. The van der Waals surface area contributed by atoms with Crippen molar-refractivity contribution in [2.75, 3.05) is 26.8 Å². The molecule has 0 bridgehead atoms. The molecule has 0 N–H and O–H groups in total. The van der Waals surface area contributed by atoms with E-state index in [4.69, 9.17) is 9.47 Å². The Morgan fingerprint density at radius 3 is 2.79 bits per heavy atom. The second kappa shape index (κ2) is 7.15. The van der Waals surface area contributed by atoms with Crippen LogP contribution in [0.25, 0.3) is 5.69 Å². The Balaban J connectivity index is 1.60. The second-order valence-electron chi connectivity index (χ2n) is 6.24. The van der Waals surface area contributed by atoms with Gasteiger partial charge in [-0.1, -0.05) is 0 Å². The number of likely N-dealkylation sites (N-methyl/N-ethyl adjacent to an activating group) is 1. The number of fused-ring (bicyclic) bond motifs is 1. The summed E-state index contributed by atoms with van der Waals surface area (Å²) in [6.07, 6.45) is -2.39. The van der Waals surface area contributed by atoms with E-state index in [0.29, 0.717) is 23.7 Å². The minimum absolute atomic E-state index is 0.0489. The van der Waals surface area contributed by atoms with Crippen molar-refractivity contribution in [2.45, 2.75) is 19.5 Å². The SMILES string of the molecule is Cc1cn(-c2ccc3c(c2)OC(F)(F)O3)c(=NC(=O)N(C)CC2OCCO2)s1. The zero-order valence-corrected chi connectivity index (χ0v) is 15.9. The van der Waals surface area contributed by atoms with Crippen LogP contribution in [0.2, 0.25) is 0 Å². The van der Waals surface area contributed by atoms with Gasteiger partial charge in [-0.15, -0.1) is 20.1 Å². The number of carbonyl (C=O) groups excluding carboxylic acids is 1. The van der Waals surface area contributed by atoms with E-state index < -0.39 is 18.6 Å². The van der Waals surface area contributed by atoms with Gasteiger partial charge in [0, 0.05) is 24.2 Å². The van der Waals surface area contributed by atoms with Crippen molar-refractivity contribution in [3.05, 3.63) is 34.1 Å². The third kappa shape index (κ3) is 3.86. The van der Waals surface area contributed by atoms with Crippen molar-refractivity contribution in [1.29, 1.82) is 0 Å². The van der Waals surface area contributed by atoms with Crippen molar-refractivity contribution in [3.8, 4) is 17.2 Å². The fourth-order valence-corrected chi connectivity index (χ4v) is 3.61. The first-order valence-electron chi connectivity index (χ1n) is 8.43. The minimum atomic E-state index is -3.69. The topological polar surface area (TPSA) is 74.5 Å². The Bertz CT molecular complexity index is 968. The van der Waals surface area contributed by atoms with Crippen LogP contribution in [0.4, 0.5) is 13.6 Å². The summed E-state index contributed by atoms with van der Waals surface area (Å²) in [5, 5.41) is 0. The van der Waals surface area contributed by atoms with E-state index in [-0.39, 0.29) is 18.0 Å². The molecule has 0 spiro atoms. The molecule has 4 rings (SSSR count). The van der Waals surface area contributed by atoms with Gasteiger partial charge >= 0.3 is 12.3 Å². The van der Waals surface area contributed by atoms with E-state index in [1.807, 2.05) is 6.92 Å². The third-order valence-corrected chi connectivity index (χ3v) is 4.96. The van der Waals surface area contributed by atoms with Crippen molar-refractivity contribution >= 4 is 17.4 Å². The number of nitrogens with zero attached hydrogens (tertiary/aromatic N) is 3. The Morgan fingerprint density at radius 1 is 1.32 bits per heavy atom. The lowest BCUT2D eigenvalue weighted by atomic mass is 10.3. The number of ether oxygens (including phenoxy) is 4. The first-order valence-corrected chi connectivity index (χ1v) is 9.25. The van der Waals surface area contributed by atoms with E-state index in [1.165, 1.54) is 28.4 Å². The van der Waals surface area contributed by atoms with Crippen molar-refractivity contribution in [3.63, 3.8) is 0 Å². The molecule has 1 fully saturated rings. The van der Waals surface area contributed by atoms with Crippen LogP contribution >= 0.6 is 11.3 Å². The number of thiazole rings is 1. The van der Waals surface area contributed by atoms with Crippen LogP contribution in [-0.2, 0) is 9.47 Å². The number of rotatable bonds is 3. The Hall–Kier alpha value is -2.50. The van der Waals surface area contributed by atoms with E-state index in [0.717, 1.165) is 4.88 Å². The van der Waals surface area contributed by atoms with Gasteiger partial charge in [-0.3, -0.25) is 4.57 Å². The lowest BCUT2D eigenvalue weighted by Crippen LogP contribution is -2.34. The highest BCUT2D eigenvalue weighted by atomic mass is 32.1. The molecular formula is C17H17F2N3O5S. The molecule has 1 aromatic heterocycles. The molecule has 2 amide bonds. The smallest absolute Gasteiger partial charge is 0.395 e. The summed E-state index contributed by atoms with van der Waals surface area (Å²) in [6, 6.07) is 3.92. The standard InChI is InChI=1S/C17H17F2N3O5S/c1-10-8-22(11-3-4-12-13(7-11)27-17(18,19)26-12)16(28-10)20-15(23)21(2)9-14-24-5-6-25-14/h3-4,7-8,14H,5-6,9H2,1-2H3. The lowest BCUT2D eigenvalue weighted by molar-refractivity contribution is -0.286. The predicted molar refractivity (Wildman–Crippen MR) is 93.9 cm³/mol. The minimum Gasteiger partial charge on any atom is -0.395 e. The second-order valence-corrected chi connectivity index (χ2v) is 7.45. The van der Waals surface area contributed by atoms with E-state index in [9.17, 15) is 13.6 Å². The van der Waals surface area contributed by atoms with Crippen LogP contribution in [0, 0.1) is 6.92 Å². The van der Waals surface area contributed by atoms with Gasteiger partial charge in [0.25, 0.3) is 0 Å². The maximum Gasteiger partial charge on any atom is 0.586 e. The fourth-order valence-electron chi connectivity index (χ4n) is 2.79. The van der Waals surface area contributed by atoms with Crippen LogP contribution in [0.5, 0.6) is 11.5 Å². The molecular weight excluding hydrogens is 396 g/mol. The molecule has 1 aromatic carbocycles. The Morgan fingerprint density at radius 2 is 2.04 bits per heavy atom. The highest BCUT2D eigenvalue weighted by Gasteiger charge is 2.43. The summed E-state index contributed by atoms with van der Waals surface area (Å²) < 4.78 is 47.7. The largest absolute Gasteiger partial charge is 0.586 e. The number of aryl methyl sites for hydroxylation is 1. The number of carbonyl (C=O) groups is 1. The van der Waals surface area contributed by atoms with Gasteiger partial charge in [0.1, 0.15) is 0 Å². The summed E-state index contributed by atoms with van der Waals surface area (Å²) in [5.41, 5.74) is 0.515. The Labute approximate surface area is 162 Å². The van der Waals surface area contributed by atoms with E-state index in [2.05, 4.69) is 14.5 Å². The van der Waals surface area contributed by atoms with Crippen LogP contribution < -0.4 is 14.3 Å². The van der Waals surface area contributed by atoms with Crippen molar-refractivity contribution < 1.29 is 32.5 Å². The molecule has 2 aliphatic rings. The lowest BCUT2D eigenvalue weighted by Gasteiger charge is -2.17. The van der Waals surface area contributed by atoms with Gasteiger partial charge in [-0.2, -0.15) is 4.99 Å². The average Bonchev–Trinajstić information content (AvgIpc) is 3.32. The number of hydrogen-bond donors (Lipinski definition) is 0. The Kier molecular flexibility index (Phi) is 4.81. The molecule has 0 saturated carbocycles. The normalized spacial score (nSPS) is 18.6. The van der Waals surface area contributed by atoms with Crippen LogP contribution in [0.15, 0.2) is 29.4 Å². The number of urea groups is 1.